The van der Waals surface area contributed by atoms with Gasteiger partial charge in [0.2, 0.25) is 16.0 Å². The Hall–Kier alpha value is -3.11. The molecular weight excluding hydrogens is 496 g/mol. The van der Waals surface area contributed by atoms with E-state index in [9.17, 15) is 8.42 Å². The average molecular weight is 523 g/mol. The van der Waals surface area contributed by atoms with Crippen LogP contribution in [-0.4, -0.2) is 54.7 Å². The third kappa shape index (κ3) is 5.49. The predicted molar refractivity (Wildman–Crippen MR) is 143 cm³/mol. The lowest BCUT2D eigenvalue weighted by atomic mass is 10.0. The maximum absolute atomic E-state index is 12.6. The largest absolute Gasteiger partial charge is 0.323 e. The molecule has 1 aliphatic rings. The summed E-state index contributed by atoms with van der Waals surface area (Å²) in [7, 11) is -3.56. The lowest BCUT2D eigenvalue weighted by molar-refractivity contribution is 0.344. The Labute approximate surface area is 215 Å². The highest BCUT2D eigenvalue weighted by Crippen LogP contribution is 2.31. The van der Waals surface area contributed by atoms with E-state index in [2.05, 4.69) is 30.1 Å². The van der Waals surface area contributed by atoms with E-state index >= 15 is 0 Å². The first-order valence-corrected chi connectivity index (χ1v) is 13.7. The Balaban J connectivity index is 1.28. The number of anilines is 2. The number of hydrogen-bond donors (Lipinski definition) is 2. The maximum atomic E-state index is 12.6. The van der Waals surface area contributed by atoms with Gasteiger partial charge >= 0.3 is 0 Å². The Bertz CT molecular complexity index is 1490. The van der Waals surface area contributed by atoms with Gasteiger partial charge in [-0.05, 0) is 86.4 Å². The topological polar surface area (TPSA) is 100 Å². The lowest BCUT2D eigenvalue weighted by Gasteiger charge is -2.15. The number of aryl methyl sites for hydroxylation is 1. The summed E-state index contributed by atoms with van der Waals surface area (Å²) in [6.07, 6.45) is 2.36. The van der Waals surface area contributed by atoms with Crippen molar-refractivity contribution in [2.45, 2.75) is 24.7 Å². The molecule has 4 aromatic rings. The molecule has 3 aromatic carbocycles. The molecule has 0 atom stereocenters. The maximum Gasteiger partial charge on any atom is 0.247 e. The van der Waals surface area contributed by atoms with Gasteiger partial charge in [-0.3, -0.25) is 0 Å². The van der Waals surface area contributed by atoms with Gasteiger partial charge in [-0.15, -0.1) is 10.2 Å². The van der Waals surface area contributed by atoms with Gasteiger partial charge in [0.05, 0.1) is 10.4 Å². The van der Waals surface area contributed by atoms with E-state index < -0.39 is 10.0 Å². The molecule has 0 amide bonds. The molecule has 1 aliphatic heterocycles. The van der Waals surface area contributed by atoms with Gasteiger partial charge in [-0.2, -0.15) is 0 Å². The van der Waals surface area contributed by atoms with E-state index in [0.717, 1.165) is 41.8 Å². The monoisotopic (exact) mass is 522 g/mol. The molecule has 1 saturated heterocycles. The van der Waals surface area contributed by atoms with Crippen molar-refractivity contribution in [1.82, 2.24) is 24.8 Å². The molecule has 2 heterocycles. The minimum absolute atomic E-state index is 0.218. The molecule has 0 spiro atoms. The molecule has 2 N–H and O–H groups in total. The van der Waals surface area contributed by atoms with Gasteiger partial charge in [0.25, 0.3) is 0 Å². The minimum Gasteiger partial charge on any atom is -0.323 e. The summed E-state index contributed by atoms with van der Waals surface area (Å²) >= 11 is 6.36. The van der Waals surface area contributed by atoms with Crippen LogP contribution in [0.25, 0.3) is 22.2 Å². The van der Waals surface area contributed by atoms with Gasteiger partial charge in [0.15, 0.2) is 0 Å². The van der Waals surface area contributed by atoms with Crippen molar-refractivity contribution >= 4 is 44.3 Å². The molecule has 0 aliphatic carbocycles. The number of benzene rings is 3. The minimum atomic E-state index is -3.56. The molecule has 0 unspecified atom stereocenters. The summed E-state index contributed by atoms with van der Waals surface area (Å²) < 4.78 is 27.9. The normalized spacial score (nSPS) is 14.4. The molecule has 0 radical (unpaired) electrons. The van der Waals surface area contributed by atoms with Gasteiger partial charge in [0.1, 0.15) is 5.52 Å². The van der Waals surface area contributed by atoms with Gasteiger partial charge in [0, 0.05) is 29.4 Å². The van der Waals surface area contributed by atoms with Gasteiger partial charge in [-0.1, -0.05) is 29.8 Å². The van der Waals surface area contributed by atoms with Crippen LogP contribution >= 0.6 is 11.6 Å². The summed E-state index contributed by atoms with van der Waals surface area (Å²) in [6.45, 7) is 5.17. The number of aromatic nitrogens is 3. The van der Waals surface area contributed by atoms with Gasteiger partial charge in [-0.25, -0.2) is 18.1 Å². The van der Waals surface area contributed by atoms with Crippen LogP contribution in [0.4, 0.5) is 11.6 Å². The molecule has 36 heavy (non-hydrogen) atoms. The second-order valence-corrected chi connectivity index (χ2v) is 11.0. The second-order valence-electron chi connectivity index (χ2n) is 8.87. The van der Waals surface area contributed by atoms with Crippen molar-refractivity contribution in [3.8, 4) is 11.1 Å². The van der Waals surface area contributed by atoms with Crippen molar-refractivity contribution in [1.29, 1.82) is 0 Å². The van der Waals surface area contributed by atoms with Crippen molar-refractivity contribution in [2.75, 3.05) is 31.5 Å². The van der Waals surface area contributed by atoms with Crippen LogP contribution in [-0.2, 0) is 10.0 Å². The Morgan fingerprint density at radius 1 is 1.00 bits per heavy atom. The van der Waals surface area contributed by atoms with Gasteiger partial charge < -0.3 is 10.2 Å². The Morgan fingerprint density at radius 2 is 1.75 bits per heavy atom. The smallest absolute Gasteiger partial charge is 0.247 e. The molecule has 186 valence electrons. The summed E-state index contributed by atoms with van der Waals surface area (Å²) in [4.78, 5) is 7.11. The number of sulfonamides is 1. The summed E-state index contributed by atoms with van der Waals surface area (Å²) in [5, 5.41) is 12.3. The van der Waals surface area contributed by atoms with E-state index in [1.54, 1.807) is 24.3 Å². The zero-order valence-corrected chi connectivity index (χ0v) is 21.5. The van der Waals surface area contributed by atoms with Crippen molar-refractivity contribution in [2.24, 2.45) is 0 Å². The van der Waals surface area contributed by atoms with Crippen LogP contribution in [0, 0.1) is 6.92 Å². The van der Waals surface area contributed by atoms with Crippen LogP contribution in [0.15, 0.2) is 65.6 Å². The van der Waals surface area contributed by atoms with Crippen LogP contribution in [0.1, 0.15) is 18.4 Å². The lowest BCUT2D eigenvalue weighted by Crippen LogP contribution is -2.33. The highest BCUT2D eigenvalue weighted by molar-refractivity contribution is 7.89. The molecule has 5 rings (SSSR count). The quantitative estimate of drug-likeness (QED) is 0.344. The molecule has 10 heteroatoms. The molecular formula is C26H27ClN6O2S. The number of rotatable bonds is 8. The van der Waals surface area contributed by atoms with E-state index in [1.807, 2.05) is 43.3 Å². The van der Waals surface area contributed by atoms with Crippen molar-refractivity contribution in [3.05, 3.63) is 71.2 Å². The number of halogens is 1. The third-order valence-electron chi connectivity index (χ3n) is 6.27. The first-order chi connectivity index (χ1) is 17.4. The van der Waals surface area contributed by atoms with Crippen LogP contribution in [0.3, 0.4) is 0 Å². The third-order valence-corrected chi connectivity index (χ3v) is 8.08. The standard InChI is InChI=1S/C26H27ClN6O2S/c1-18-16-19(22-6-2-3-7-23(22)27)17-24-25(18)30-26(32-31-24)29-20-8-10-21(11-9-20)36(34,35)28-12-15-33-13-4-5-14-33/h2-3,6-11,16-17,28H,4-5,12-15H2,1H3,(H,29,30,32). The average Bonchev–Trinajstić information content (AvgIpc) is 3.38. The number of likely N-dealkylation sites (tertiary alicyclic amines) is 1. The fraction of sp³-hybridized carbons (Fsp3) is 0.269. The number of nitrogens with one attached hydrogen (secondary N) is 2. The van der Waals surface area contributed by atoms with Crippen molar-refractivity contribution in [3.63, 3.8) is 0 Å². The van der Waals surface area contributed by atoms with Crippen LogP contribution in [0.5, 0.6) is 0 Å². The summed E-state index contributed by atoms with van der Waals surface area (Å²) in [5.74, 6) is 0.329. The highest BCUT2D eigenvalue weighted by Gasteiger charge is 2.16. The highest BCUT2D eigenvalue weighted by atomic mass is 35.5. The summed E-state index contributed by atoms with van der Waals surface area (Å²) in [5.41, 5.74) is 4.88. The SMILES string of the molecule is Cc1cc(-c2ccccc2Cl)cc2nnc(Nc3ccc(S(=O)(=O)NCCN4CCCC4)cc3)nc12. The Morgan fingerprint density at radius 3 is 2.50 bits per heavy atom. The zero-order chi connectivity index (χ0) is 25.1. The first kappa shape index (κ1) is 24.6. The molecule has 0 bridgehead atoms. The van der Waals surface area contributed by atoms with E-state index in [1.165, 1.54) is 12.8 Å². The van der Waals surface area contributed by atoms with Crippen LogP contribution < -0.4 is 10.0 Å². The first-order valence-electron chi connectivity index (χ1n) is 11.9. The predicted octanol–water partition coefficient (Wildman–Crippen LogP) is 4.77. The van der Waals surface area contributed by atoms with E-state index in [-0.39, 0.29) is 4.90 Å². The number of fused-ring (bicyclic) bond motifs is 1. The van der Waals surface area contributed by atoms with E-state index in [0.29, 0.717) is 28.7 Å². The van der Waals surface area contributed by atoms with Crippen LogP contribution in [0.2, 0.25) is 5.02 Å². The zero-order valence-electron chi connectivity index (χ0n) is 19.9. The van der Waals surface area contributed by atoms with Crippen molar-refractivity contribution < 1.29 is 8.42 Å². The summed E-state index contributed by atoms with van der Waals surface area (Å²) in [6, 6.07) is 18.1. The fourth-order valence-corrected chi connectivity index (χ4v) is 5.66. The second kappa shape index (κ2) is 10.5. The molecule has 0 saturated carbocycles. The molecule has 8 nitrogen and oxygen atoms in total. The number of nitrogens with zero attached hydrogens (tertiary/aromatic N) is 4. The molecule has 1 fully saturated rings. The molecule has 1 aromatic heterocycles. The fourth-order valence-electron chi connectivity index (χ4n) is 4.39. The van der Waals surface area contributed by atoms with E-state index in [4.69, 9.17) is 11.6 Å². The Kier molecular flexibility index (Phi) is 7.15. The number of hydrogen-bond acceptors (Lipinski definition) is 7.